The Morgan fingerprint density at radius 1 is 1.25 bits per heavy atom. The van der Waals surface area contributed by atoms with E-state index in [-0.39, 0.29) is 18.3 Å². The topological polar surface area (TPSA) is 57.7 Å². The Bertz CT molecular complexity index is 835. The Balaban J connectivity index is 1.57. The summed E-state index contributed by atoms with van der Waals surface area (Å²) in [6.07, 6.45) is 0.837. The first-order valence-corrected chi connectivity index (χ1v) is 9.58. The summed E-state index contributed by atoms with van der Waals surface area (Å²) in [7, 11) is 1.55. The van der Waals surface area contributed by atoms with Crippen LogP contribution in [0.3, 0.4) is 0 Å². The molecule has 7 heteroatoms. The third kappa shape index (κ3) is 4.59. The number of para-hydroxylation sites is 1. The number of piperazine rings is 1. The second-order valence-corrected chi connectivity index (χ2v) is 6.91. The van der Waals surface area contributed by atoms with Crippen LogP contribution in [0.4, 0.5) is 15.8 Å². The molecule has 3 rings (SSSR count). The highest BCUT2D eigenvalue weighted by Gasteiger charge is 2.21. The minimum atomic E-state index is -0.209. The van der Waals surface area contributed by atoms with Crippen LogP contribution in [0.1, 0.15) is 18.2 Å². The molecular weight excluding hydrogens is 359 g/mol. The van der Waals surface area contributed by atoms with Gasteiger partial charge < -0.3 is 15.0 Å². The highest BCUT2D eigenvalue weighted by molar-refractivity contribution is 5.93. The SMILES string of the molecule is CCc1cc(NC(=O)CN2CCN(c3ccccc3F)CC2)c(OC)nc1C. The molecule has 1 amide bonds. The van der Waals surface area contributed by atoms with Gasteiger partial charge >= 0.3 is 0 Å². The molecule has 6 nitrogen and oxygen atoms in total. The van der Waals surface area contributed by atoms with Gasteiger partial charge in [-0.3, -0.25) is 9.69 Å². The van der Waals surface area contributed by atoms with Gasteiger partial charge in [0.2, 0.25) is 11.8 Å². The van der Waals surface area contributed by atoms with Crippen molar-refractivity contribution in [3.8, 4) is 5.88 Å². The molecule has 1 fully saturated rings. The van der Waals surface area contributed by atoms with Crippen molar-refractivity contribution in [3.05, 3.63) is 47.4 Å². The summed E-state index contributed by atoms with van der Waals surface area (Å²) in [5, 5.41) is 2.92. The van der Waals surface area contributed by atoms with Crippen LogP contribution in [0.5, 0.6) is 5.88 Å². The highest BCUT2D eigenvalue weighted by atomic mass is 19.1. The van der Waals surface area contributed by atoms with Crippen LogP contribution in [0, 0.1) is 12.7 Å². The zero-order valence-electron chi connectivity index (χ0n) is 16.7. The zero-order valence-corrected chi connectivity index (χ0v) is 16.7. The van der Waals surface area contributed by atoms with E-state index in [1.54, 1.807) is 19.2 Å². The number of nitrogens with one attached hydrogen (secondary N) is 1. The highest BCUT2D eigenvalue weighted by Crippen LogP contribution is 2.25. The quantitative estimate of drug-likeness (QED) is 0.827. The van der Waals surface area contributed by atoms with Crippen molar-refractivity contribution >= 4 is 17.3 Å². The molecular formula is C21H27FN4O2. The van der Waals surface area contributed by atoms with Crippen molar-refractivity contribution in [1.82, 2.24) is 9.88 Å². The largest absolute Gasteiger partial charge is 0.480 e. The van der Waals surface area contributed by atoms with E-state index in [2.05, 4.69) is 22.1 Å². The lowest BCUT2D eigenvalue weighted by atomic mass is 10.1. The van der Waals surface area contributed by atoms with Crippen LogP contribution in [-0.4, -0.2) is 55.6 Å². The molecule has 0 bridgehead atoms. The maximum Gasteiger partial charge on any atom is 0.238 e. The molecule has 0 radical (unpaired) electrons. The fourth-order valence-electron chi connectivity index (χ4n) is 3.48. The predicted molar refractivity (Wildman–Crippen MR) is 109 cm³/mol. The van der Waals surface area contributed by atoms with Gasteiger partial charge in [0.25, 0.3) is 0 Å². The number of methoxy groups -OCH3 is 1. The number of halogens is 1. The summed E-state index contributed by atoms with van der Waals surface area (Å²) in [6, 6.07) is 8.72. The molecule has 0 aliphatic carbocycles. The van der Waals surface area contributed by atoms with Crippen LogP contribution in [0.2, 0.25) is 0 Å². The van der Waals surface area contributed by atoms with Crippen LogP contribution in [0.15, 0.2) is 30.3 Å². The molecule has 150 valence electrons. The van der Waals surface area contributed by atoms with Gasteiger partial charge in [-0.2, -0.15) is 0 Å². The van der Waals surface area contributed by atoms with Crippen molar-refractivity contribution in [2.24, 2.45) is 0 Å². The summed E-state index contributed by atoms with van der Waals surface area (Å²) < 4.78 is 19.3. The number of pyridine rings is 1. The Labute approximate surface area is 165 Å². The molecule has 0 atom stereocenters. The van der Waals surface area contributed by atoms with E-state index >= 15 is 0 Å². The zero-order chi connectivity index (χ0) is 20.1. The van der Waals surface area contributed by atoms with Crippen LogP contribution >= 0.6 is 0 Å². The van der Waals surface area contributed by atoms with Gasteiger partial charge in [-0.15, -0.1) is 0 Å². The average molecular weight is 386 g/mol. The fourth-order valence-corrected chi connectivity index (χ4v) is 3.48. The van der Waals surface area contributed by atoms with Gasteiger partial charge in [-0.05, 0) is 37.1 Å². The molecule has 1 aliphatic heterocycles. The number of hydrogen-bond acceptors (Lipinski definition) is 5. The first-order valence-electron chi connectivity index (χ1n) is 9.58. The van der Waals surface area contributed by atoms with Crippen LogP contribution in [0.25, 0.3) is 0 Å². The lowest BCUT2D eigenvalue weighted by Gasteiger charge is -2.35. The number of amides is 1. The number of carbonyl (C=O) groups excluding carboxylic acids is 1. The molecule has 0 unspecified atom stereocenters. The second kappa shape index (κ2) is 9.01. The number of rotatable bonds is 6. The van der Waals surface area contributed by atoms with E-state index < -0.39 is 0 Å². The third-order valence-electron chi connectivity index (χ3n) is 5.06. The standard InChI is InChI=1S/C21H27FN4O2/c1-4-16-13-18(21(28-3)23-15(16)2)24-20(27)14-25-9-11-26(12-10-25)19-8-6-5-7-17(19)22/h5-8,13H,4,9-12,14H2,1-3H3,(H,24,27). The summed E-state index contributed by atoms with van der Waals surface area (Å²) in [6.45, 7) is 7.03. The minimum absolute atomic E-state index is 0.106. The predicted octanol–water partition coefficient (Wildman–Crippen LogP) is 2.86. The maximum atomic E-state index is 13.9. The van der Waals surface area contributed by atoms with Gasteiger partial charge in [-0.25, -0.2) is 9.37 Å². The molecule has 0 saturated carbocycles. The van der Waals surface area contributed by atoms with Crippen molar-refractivity contribution in [2.45, 2.75) is 20.3 Å². The van der Waals surface area contributed by atoms with Gasteiger partial charge in [0.1, 0.15) is 11.5 Å². The van der Waals surface area contributed by atoms with Crippen molar-refractivity contribution in [3.63, 3.8) is 0 Å². The number of ether oxygens (including phenoxy) is 1. The monoisotopic (exact) mass is 386 g/mol. The van der Waals surface area contributed by atoms with E-state index in [9.17, 15) is 9.18 Å². The number of carbonyl (C=O) groups is 1. The molecule has 2 aromatic rings. The van der Waals surface area contributed by atoms with Crippen molar-refractivity contribution < 1.29 is 13.9 Å². The first-order chi connectivity index (χ1) is 13.5. The third-order valence-corrected chi connectivity index (χ3v) is 5.06. The molecule has 28 heavy (non-hydrogen) atoms. The van der Waals surface area contributed by atoms with E-state index in [1.165, 1.54) is 6.07 Å². The normalized spacial score (nSPS) is 14.8. The fraction of sp³-hybridized carbons (Fsp3) is 0.429. The van der Waals surface area contributed by atoms with E-state index in [0.717, 1.165) is 17.7 Å². The first kappa shape index (κ1) is 20.1. The Morgan fingerprint density at radius 3 is 2.61 bits per heavy atom. The molecule has 1 N–H and O–H groups in total. The lowest BCUT2D eigenvalue weighted by Crippen LogP contribution is -2.48. The Kier molecular flexibility index (Phi) is 6.46. The molecule has 1 aliphatic rings. The van der Waals surface area contributed by atoms with Crippen LogP contribution < -0.4 is 15.0 Å². The number of nitrogens with zero attached hydrogens (tertiary/aromatic N) is 3. The number of aryl methyl sites for hydroxylation is 2. The number of benzene rings is 1. The molecule has 1 aromatic heterocycles. The number of aromatic nitrogens is 1. The summed E-state index contributed by atoms with van der Waals surface area (Å²) >= 11 is 0. The van der Waals surface area contributed by atoms with Crippen LogP contribution in [-0.2, 0) is 11.2 Å². The molecule has 1 aromatic carbocycles. The van der Waals surface area contributed by atoms with Gasteiger partial charge in [-0.1, -0.05) is 19.1 Å². The van der Waals surface area contributed by atoms with Gasteiger partial charge in [0.15, 0.2) is 0 Å². The van der Waals surface area contributed by atoms with Crippen molar-refractivity contribution in [1.29, 1.82) is 0 Å². The van der Waals surface area contributed by atoms with E-state index in [4.69, 9.17) is 4.74 Å². The molecule has 1 saturated heterocycles. The van der Waals surface area contributed by atoms with Gasteiger partial charge in [0, 0.05) is 31.9 Å². The van der Waals surface area contributed by atoms with E-state index in [1.807, 2.05) is 24.0 Å². The number of hydrogen-bond donors (Lipinski definition) is 1. The average Bonchev–Trinajstić information content (AvgIpc) is 2.70. The number of anilines is 2. The lowest BCUT2D eigenvalue weighted by molar-refractivity contribution is -0.117. The summed E-state index contributed by atoms with van der Waals surface area (Å²) in [5.74, 6) is 0.108. The molecule has 2 heterocycles. The summed E-state index contributed by atoms with van der Waals surface area (Å²) in [4.78, 5) is 21.0. The molecule has 0 spiro atoms. The van der Waals surface area contributed by atoms with E-state index in [0.29, 0.717) is 43.4 Å². The Morgan fingerprint density at radius 2 is 1.96 bits per heavy atom. The summed E-state index contributed by atoms with van der Waals surface area (Å²) in [5.41, 5.74) is 3.20. The smallest absolute Gasteiger partial charge is 0.238 e. The van der Waals surface area contributed by atoms with Crippen molar-refractivity contribution in [2.75, 3.05) is 50.1 Å². The minimum Gasteiger partial charge on any atom is -0.480 e. The maximum absolute atomic E-state index is 13.9. The Hall–Kier alpha value is -2.67. The second-order valence-electron chi connectivity index (χ2n) is 6.91. The van der Waals surface area contributed by atoms with Gasteiger partial charge in [0.05, 0.1) is 19.3 Å².